The van der Waals surface area contributed by atoms with Crippen molar-refractivity contribution in [3.63, 3.8) is 0 Å². The maximum atomic E-state index is 11.1. The Morgan fingerprint density at radius 1 is 1.18 bits per heavy atom. The van der Waals surface area contributed by atoms with Crippen LogP contribution in [-0.2, 0) is 10.1 Å². The lowest BCUT2D eigenvalue weighted by Crippen LogP contribution is -1.96. The first-order valence-electron chi connectivity index (χ1n) is 6.24. The van der Waals surface area contributed by atoms with E-state index in [4.69, 9.17) is 15.0 Å². The number of nitrogens with zero attached hydrogens (tertiary/aromatic N) is 2. The normalized spacial score (nSPS) is 11.8. The monoisotopic (exact) mass is 321 g/mol. The van der Waals surface area contributed by atoms with Gasteiger partial charge in [0.05, 0.1) is 29.1 Å². The molecule has 0 aliphatic carbocycles. The van der Waals surface area contributed by atoms with Gasteiger partial charge in [0.1, 0.15) is 5.75 Å². The topological polar surface area (TPSA) is 114 Å². The quantitative estimate of drug-likeness (QED) is 0.509. The van der Waals surface area contributed by atoms with Crippen molar-refractivity contribution in [3.05, 3.63) is 42.0 Å². The summed E-state index contributed by atoms with van der Waals surface area (Å²) in [6.07, 6.45) is 0. The molecule has 2 aromatic rings. The minimum atomic E-state index is -4.27. The summed E-state index contributed by atoms with van der Waals surface area (Å²) in [6, 6.07) is 8.88. The van der Waals surface area contributed by atoms with Gasteiger partial charge in [0.15, 0.2) is 0 Å². The summed E-state index contributed by atoms with van der Waals surface area (Å²) >= 11 is 0. The summed E-state index contributed by atoms with van der Waals surface area (Å²) in [5, 5.41) is 8.03. The average Bonchev–Trinajstić information content (AvgIpc) is 2.46. The maximum Gasteiger partial charge on any atom is 0.294 e. The first-order chi connectivity index (χ1) is 10.3. The number of nitrogen functional groups attached to an aromatic ring is 1. The van der Waals surface area contributed by atoms with Crippen LogP contribution in [0.15, 0.2) is 51.5 Å². The number of aryl methyl sites for hydroxylation is 1. The van der Waals surface area contributed by atoms with Gasteiger partial charge in [-0.1, -0.05) is 6.07 Å². The molecular formula is C14H15N3O4S. The lowest BCUT2D eigenvalue weighted by atomic mass is 10.1. The minimum Gasteiger partial charge on any atom is -0.495 e. The molecule has 0 heterocycles. The van der Waals surface area contributed by atoms with Crippen molar-refractivity contribution in [3.8, 4) is 5.75 Å². The summed E-state index contributed by atoms with van der Waals surface area (Å²) in [5.74, 6) is 0.478. The number of azo groups is 1. The van der Waals surface area contributed by atoms with Crippen LogP contribution in [0.2, 0.25) is 0 Å². The molecule has 0 radical (unpaired) electrons. The predicted octanol–water partition coefficient (Wildman–Crippen LogP) is 3.25. The summed E-state index contributed by atoms with van der Waals surface area (Å²) in [4.78, 5) is -0.240. The number of hydrogen-bond acceptors (Lipinski definition) is 6. The van der Waals surface area contributed by atoms with Crippen molar-refractivity contribution < 1.29 is 17.7 Å². The first kappa shape index (κ1) is 15.9. The second-order valence-electron chi connectivity index (χ2n) is 4.55. The Balaban J connectivity index is 2.37. The molecule has 22 heavy (non-hydrogen) atoms. The molecule has 0 unspecified atom stereocenters. The van der Waals surface area contributed by atoms with Gasteiger partial charge >= 0.3 is 0 Å². The molecule has 116 valence electrons. The van der Waals surface area contributed by atoms with Crippen LogP contribution in [0.3, 0.4) is 0 Å². The summed E-state index contributed by atoms with van der Waals surface area (Å²) in [5.41, 5.74) is 7.92. The lowest BCUT2D eigenvalue weighted by Gasteiger charge is -2.07. The van der Waals surface area contributed by atoms with Crippen molar-refractivity contribution in [1.82, 2.24) is 0 Å². The molecular weight excluding hydrogens is 306 g/mol. The van der Waals surface area contributed by atoms with Crippen molar-refractivity contribution in [2.24, 2.45) is 10.2 Å². The molecule has 0 amide bonds. The van der Waals surface area contributed by atoms with Crippen molar-refractivity contribution in [2.75, 3.05) is 12.8 Å². The van der Waals surface area contributed by atoms with E-state index in [2.05, 4.69) is 10.2 Å². The van der Waals surface area contributed by atoms with Crippen LogP contribution in [-0.4, -0.2) is 20.1 Å². The van der Waals surface area contributed by atoms with Crippen molar-refractivity contribution in [2.45, 2.75) is 11.8 Å². The van der Waals surface area contributed by atoms with E-state index in [1.807, 2.05) is 6.92 Å². The van der Waals surface area contributed by atoms with Gasteiger partial charge < -0.3 is 10.5 Å². The zero-order chi connectivity index (χ0) is 16.3. The smallest absolute Gasteiger partial charge is 0.294 e. The van der Waals surface area contributed by atoms with Crippen LogP contribution in [0.1, 0.15) is 5.56 Å². The predicted molar refractivity (Wildman–Crippen MR) is 82.6 cm³/mol. The molecule has 8 heteroatoms. The molecule has 0 atom stereocenters. The molecule has 2 aromatic carbocycles. The van der Waals surface area contributed by atoms with E-state index in [0.717, 1.165) is 5.56 Å². The third kappa shape index (κ3) is 3.60. The maximum absolute atomic E-state index is 11.1. The number of benzene rings is 2. The molecule has 0 fully saturated rings. The Morgan fingerprint density at radius 2 is 1.91 bits per heavy atom. The van der Waals surface area contributed by atoms with Crippen molar-refractivity contribution >= 4 is 27.2 Å². The van der Waals surface area contributed by atoms with Gasteiger partial charge in [-0.25, -0.2) is 0 Å². The number of methoxy groups -OCH3 is 1. The molecule has 0 bridgehead atoms. The Hall–Kier alpha value is -2.45. The van der Waals surface area contributed by atoms with Crippen molar-refractivity contribution in [1.29, 1.82) is 0 Å². The fourth-order valence-electron chi connectivity index (χ4n) is 1.80. The molecule has 2 rings (SSSR count). The van der Waals surface area contributed by atoms with E-state index in [0.29, 0.717) is 22.8 Å². The molecule has 0 saturated heterocycles. The third-order valence-corrected chi connectivity index (χ3v) is 3.79. The highest BCUT2D eigenvalue weighted by Crippen LogP contribution is 2.31. The second kappa shape index (κ2) is 6.12. The number of anilines is 1. The van der Waals surface area contributed by atoms with E-state index in [1.54, 1.807) is 18.2 Å². The number of ether oxygens (including phenoxy) is 1. The van der Waals surface area contributed by atoms with Gasteiger partial charge in [0, 0.05) is 6.07 Å². The Kier molecular flexibility index (Phi) is 4.43. The van der Waals surface area contributed by atoms with Crippen LogP contribution in [0.5, 0.6) is 5.75 Å². The van der Waals surface area contributed by atoms with Gasteiger partial charge in [-0.2, -0.15) is 18.6 Å². The van der Waals surface area contributed by atoms with Gasteiger partial charge in [-0.05, 0) is 36.8 Å². The largest absolute Gasteiger partial charge is 0.495 e. The minimum absolute atomic E-state index is 0.240. The van der Waals surface area contributed by atoms with Crippen LogP contribution < -0.4 is 10.5 Å². The summed E-state index contributed by atoms with van der Waals surface area (Å²) in [6.45, 7) is 1.82. The standard InChI is InChI=1S/C14H15N3O4S/c1-9-6-12(15)14(21-2)8-13(9)17-16-10-4-3-5-11(7-10)22(18,19)20/h3-8H,15H2,1-2H3,(H,18,19,20). The van der Waals surface area contributed by atoms with Gasteiger partial charge in [-0.15, -0.1) is 0 Å². The number of nitrogens with two attached hydrogens (primary N) is 1. The highest BCUT2D eigenvalue weighted by atomic mass is 32.2. The van der Waals surface area contributed by atoms with E-state index < -0.39 is 10.1 Å². The summed E-state index contributed by atoms with van der Waals surface area (Å²) in [7, 11) is -2.77. The molecule has 3 N–H and O–H groups in total. The SMILES string of the molecule is COc1cc(N=Nc2cccc(S(=O)(=O)O)c2)c(C)cc1N. The highest BCUT2D eigenvalue weighted by Gasteiger charge is 2.09. The lowest BCUT2D eigenvalue weighted by molar-refractivity contribution is 0.417. The highest BCUT2D eigenvalue weighted by molar-refractivity contribution is 7.85. The fraction of sp³-hybridized carbons (Fsp3) is 0.143. The van der Waals surface area contributed by atoms with Gasteiger partial charge in [-0.3, -0.25) is 4.55 Å². The Labute approximate surface area is 128 Å². The van der Waals surface area contributed by atoms with Gasteiger partial charge in [0.2, 0.25) is 0 Å². The number of hydrogen-bond donors (Lipinski definition) is 2. The molecule has 0 aliphatic rings. The fourth-order valence-corrected chi connectivity index (χ4v) is 2.32. The zero-order valence-corrected chi connectivity index (χ0v) is 12.8. The average molecular weight is 321 g/mol. The van der Waals surface area contributed by atoms with E-state index >= 15 is 0 Å². The van der Waals surface area contributed by atoms with Crippen LogP contribution >= 0.6 is 0 Å². The van der Waals surface area contributed by atoms with Crippen LogP contribution in [0.4, 0.5) is 17.1 Å². The zero-order valence-electron chi connectivity index (χ0n) is 12.0. The van der Waals surface area contributed by atoms with Gasteiger partial charge in [0.25, 0.3) is 10.1 Å². The Morgan fingerprint density at radius 3 is 2.55 bits per heavy atom. The van der Waals surface area contributed by atoms with E-state index in [1.165, 1.54) is 25.3 Å². The molecule has 0 aromatic heterocycles. The molecule has 0 spiro atoms. The van der Waals surface area contributed by atoms with E-state index in [-0.39, 0.29) is 4.90 Å². The molecule has 0 aliphatic heterocycles. The third-order valence-electron chi connectivity index (χ3n) is 2.94. The number of rotatable bonds is 4. The van der Waals surface area contributed by atoms with Crippen LogP contribution in [0.25, 0.3) is 0 Å². The first-order valence-corrected chi connectivity index (χ1v) is 7.68. The van der Waals surface area contributed by atoms with Crippen LogP contribution in [0, 0.1) is 6.92 Å². The molecule has 7 nitrogen and oxygen atoms in total. The second-order valence-corrected chi connectivity index (χ2v) is 5.97. The van der Waals surface area contributed by atoms with E-state index in [9.17, 15) is 8.42 Å². The summed E-state index contributed by atoms with van der Waals surface area (Å²) < 4.78 is 36.3. The Bertz CT molecular complexity index is 832. The molecule has 0 saturated carbocycles.